The fourth-order valence-electron chi connectivity index (χ4n) is 2.53. The number of hydrogen-bond donors (Lipinski definition) is 1. The first kappa shape index (κ1) is 13.0. The summed E-state index contributed by atoms with van der Waals surface area (Å²) in [5.74, 6) is 0.796. The molecule has 0 aliphatic carbocycles. The molecule has 0 radical (unpaired) electrons. The van der Waals surface area contributed by atoms with E-state index in [1.165, 1.54) is 0 Å². The average molecular weight is 248 g/mol. The Labute approximate surface area is 108 Å². The minimum Gasteiger partial charge on any atom is -0.492 e. The van der Waals surface area contributed by atoms with Crippen LogP contribution in [0.4, 0.5) is 0 Å². The smallest absolute Gasteiger partial charge is 0.184 e. The number of carbonyl (C=O) groups excluding carboxylic acids is 1. The maximum absolute atomic E-state index is 12.6. The Morgan fingerprint density at radius 1 is 1.50 bits per heavy atom. The molecule has 18 heavy (non-hydrogen) atoms. The van der Waals surface area contributed by atoms with Crippen LogP contribution in [0.3, 0.4) is 0 Å². The van der Waals surface area contributed by atoms with Gasteiger partial charge in [-0.3, -0.25) is 9.78 Å². The van der Waals surface area contributed by atoms with Crippen LogP contribution in [0, 0.1) is 0 Å². The Morgan fingerprint density at radius 2 is 2.33 bits per heavy atom. The fraction of sp³-hybridized carbons (Fsp3) is 0.571. The van der Waals surface area contributed by atoms with Crippen LogP contribution in [-0.2, 0) is 0 Å². The van der Waals surface area contributed by atoms with Gasteiger partial charge in [-0.15, -0.1) is 0 Å². The van der Waals surface area contributed by atoms with Crippen molar-refractivity contribution in [2.75, 3.05) is 13.2 Å². The first-order valence-electron chi connectivity index (χ1n) is 6.59. The predicted molar refractivity (Wildman–Crippen MR) is 70.0 cm³/mol. The SMILES string of the molecule is CCOc1cncc(C(=O)C2(CC)CCCN2)c1. The van der Waals surface area contributed by atoms with E-state index >= 15 is 0 Å². The Hall–Kier alpha value is -1.42. The molecule has 1 fully saturated rings. The molecule has 1 aromatic heterocycles. The molecule has 98 valence electrons. The Kier molecular flexibility index (Phi) is 3.97. The topological polar surface area (TPSA) is 51.2 Å². The van der Waals surface area contributed by atoms with Gasteiger partial charge in [-0.05, 0) is 38.8 Å². The summed E-state index contributed by atoms with van der Waals surface area (Å²) in [6, 6.07) is 1.79. The van der Waals surface area contributed by atoms with Crippen LogP contribution in [0.5, 0.6) is 5.75 Å². The summed E-state index contributed by atoms with van der Waals surface area (Å²) < 4.78 is 5.39. The summed E-state index contributed by atoms with van der Waals surface area (Å²) in [5.41, 5.74) is 0.240. The van der Waals surface area contributed by atoms with Gasteiger partial charge in [0.05, 0.1) is 18.3 Å². The number of carbonyl (C=O) groups is 1. The number of rotatable bonds is 5. The van der Waals surface area contributed by atoms with Crippen molar-refractivity contribution in [2.24, 2.45) is 0 Å². The summed E-state index contributed by atoms with van der Waals surface area (Å²) in [7, 11) is 0. The molecule has 1 unspecified atom stereocenters. The number of nitrogens with one attached hydrogen (secondary N) is 1. The number of aromatic nitrogens is 1. The van der Waals surface area contributed by atoms with Crippen molar-refractivity contribution in [3.05, 3.63) is 24.0 Å². The van der Waals surface area contributed by atoms with Gasteiger partial charge in [-0.1, -0.05) is 6.92 Å². The van der Waals surface area contributed by atoms with Crippen molar-refractivity contribution >= 4 is 5.78 Å². The number of nitrogens with zero attached hydrogens (tertiary/aromatic N) is 1. The first-order chi connectivity index (χ1) is 8.72. The summed E-state index contributed by atoms with van der Waals surface area (Å²) in [5, 5.41) is 3.35. The third-order valence-electron chi connectivity index (χ3n) is 3.57. The van der Waals surface area contributed by atoms with Crippen LogP contribution < -0.4 is 10.1 Å². The molecule has 1 saturated heterocycles. The normalized spacial score (nSPS) is 23.0. The van der Waals surface area contributed by atoms with Gasteiger partial charge in [0.2, 0.25) is 0 Å². The predicted octanol–water partition coefficient (Wildman–Crippen LogP) is 2.20. The molecular weight excluding hydrogens is 228 g/mol. The lowest BCUT2D eigenvalue weighted by Crippen LogP contribution is -2.47. The van der Waals surface area contributed by atoms with Crippen LogP contribution in [-0.4, -0.2) is 29.5 Å². The van der Waals surface area contributed by atoms with Gasteiger partial charge in [0.15, 0.2) is 5.78 Å². The molecule has 0 aromatic carbocycles. The zero-order valence-electron chi connectivity index (χ0n) is 11.0. The first-order valence-corrected chi connectivity index (χ1v) is 6.59. The molecule has 1 aliphatic rings. The van der Waals surface area contributed by atoms with Crippen molar-refractivity contribution in [1.29, 1.82) is 0 Å². The summed E-state index contributed by atoms with van der Waals surface area (Å²) in [4.78, 5) is 16.7. The third-order valence-corrected chi connectivity index (χ3v) is 3.57. The van der Waals surface area contributed by atoms with E-state index in [1.807, 2.05) is 6.92 Å². The fourth-order valence-corrected chi connectivity index (χ4v) is 2.53. The lowest BCUT2D eigenvalue weighted by atomic mass is 9.86. The molecule has 1 atom stereocenters. The van der Waals surface area contributed by atoms with Crippen molar-refractivity contribution in [1.82, 2.24) is 10.3 Å². The molecular formula is C14H20N2O2. The third kappa shape index (κ3) is 2.38. The van der Waals surface area contributed by atoms with Gasteiger partial charge >= 0.3 is 0 Å². The second-order valence-electron chi connectivity index (χ2n) is 4.64. The summed E-state index contributed by atoms with van der Waals surface area (Å²) in [6.07, 6.45) is 6.04. The highest BCUT2D eigenvalue weighted by Crippen LogP contribution is 2.28. The second-order valence-corrected chi connectivity index (χ2v) is 4.64. The van der Waals surface area contributed by atoms with Crippen LogP contribution in [0.15, 0.2) is 18.5 Å². The van der Waals surface area contributed by atoms with Crippen LogP contribution in [0.2, 0.25) is 0 Å². The molecule has 0 spiro atoms. The number of ketones is 1. The van der Waals surface area contributed by atoms with E-state index < -0.39 is 5.54 Å². The second kappa shape index (κ2) is 5.48. The standard InChI is InChI=1S/C14H20N2O2/c1-3-14(6-5-7-16-14)13(17)11-8-12(18-4-2)10-15-9-11/h8-10,16H,3-7H2,1-2H3. The van der Waals surface area contributed by atoms with E-state index in [9.17, 15) is 4.79 Å². The van der Waals surface area contributed by atoms with Crippen molar-refractivity contribution in [2.45, 2.75) is 38.6 Å². The number of hydrogen-bond acceptors (Lipinski definition) is 4. The highest BCUT2D eigenvalue weighted by molar-refractivity contribution is 6.03. The summed E-state index contributed by atoms with van der Waals surface area (Å²) in [6.45, 7) is 5.46. The minimum atomic E-state index is -0.396. The Balaban J connectivity index is 2.24. The van der Waals surface area contributed by atoms with Gasteiger partial charge in [0.25, 0.3) is 0 Å². The van der Waals surface area contributed by atoms with E-state index in [0.717, 1.165) is 25.8 Å². The zero-order chi connectivity index (χ0) is 13.0. The lowest BCUT2D eigenvalue weighted by Gasteiger charge is -2.26. The van der Waals surface area contributed by atoms with Crippen molar-refractivity contribution in [3.8, 4) is 5.75 Å². The lowest BCUT2D eigenvalue weighted by molar-refractivity contribution is 0.0863. The minimum absolute atomic E-state index is 0.136. The van der Waals surface area contributed by atoms with E-state index in [0.29, 0.717) is 17.9 Å². The van der Waals surface area contributed by atoms with E-state index in [4.69, 9.17) is 4.74 Å². The molecule has 1 aromatic rings. The van der Waals surface area contributed by atoms with Crippen LogP contribution in [0.25, 0.3) is 0 Å². The average Bonchev–Trinajstić information content (AvgIpc) is 2.88. The van der Waals surface area contributed by atoms with Crippen molar-refractivity contribution in [3.63, 3.8) is 0 Å². The maximum Gasteiger partial charge on any atom is 0.184 e. The number of Topliss-reactive ketones (excluding diaryl/α,β-unsaturated/α-hetero) is 1. The molecule has 2 rings (SSSR count). The van der Waals surface area contributed by atoms with Gasteiger partial charge in [-0.2, -0.15) is 0 Å². The summed E-state index contributed by atoms with van der Waals surface area (Å²) >= 11 is 0. The number of pyridine rings is 1. The quantitative estimate of drug-likeness (QED) is 0.812. The largest absolute Gasteiger partial charge is 0.492 e. The maximum atomic E-state index is 12.6. The highest BCUT2D eigenvalue weighted by atomic mass is 16.5. The molecule has 4 nitrogen and oxygen atoms in total. The van der Waals surface area contributed by atoms with Crippen LogP contribution >= 0.6 is 0 Å². The zero-order valence-corrected chi connectivity index (χ0v) is 11.0. The molecule has 0 amide bonds. The highest BCUT2D eigenvalue weighted by Gasteiger charge is 2.39. The number of ether oxygens (including phenoxy) is 1. The molecule has 0 bridgehead atoms. The van der Waals surface area contributed by atoms with E-state index in [1.54, 1.807) is 18.5 Å². The molecule has 2 heterocycles. The molecule has 0 saturated carbocycles. The van der Waals surface area contributed by atoms with Gasteiger partial charge in [0, 0.05) is 11.8 Å². The van der Waals surface area contributed by atoms with Gasteiger partial charge in [0.1, 0.15) is 5.75 Å². The monoisotopic (exact) mass is 248 g/mol. The Morgan fingerprint density at radius 3 is 2.94 bits per heavy atom. The van der Waals surface area contributed by atoms with E-state index in [-0.39, 0.29) is 5.78 Å². The molecule has 1 aliphatic heterocycles. The van der Waals surface area contributed by atoms with Crippen molar-refractivity contribution < 1.29 is 9.53 Å². The van der Waals surface area contributed by atoms with Gasteiger partial charge in [-0.25, -0.2) is 0 Å². The van der Waals surface area contributed by atoms with Crippen LogP contribution in [0.1, 0.15) is 43.5 Å². The van der Waals surface area contributed by atoms with E-state index in [2.05, 4.69) is 17.2 Å². The molecule has 1 N–H and O–H groups in total. The van der Waals surface area contributed by atoms with Gasteiger partial charge < -0.3 is 10.1 Å². The Bertz CT molecular complexity index is 426. The molecule has 4 heteroatoms.